The van der Waals surface area contributed by atoms with Gasteiger partial charge in [-0.2, -0.15) is 0 Å². The lowest BCUT2D eigenvalue weighted by Gasteiger charge is -2.18. The molecule has 1 atom stereocenters. The van der Waals surface area contributed by atoms with Crippen molar-refractivity contribution in [2.24, 2.45) is 0 Å². The molecule has 112 valence electrons. The Morgan fingerprint density at radius 3 is 2.45 bits per heavy atom. The molecule has 4 nitrogen and oxygen atoms in total. The summed E-state index contributed by atoms with van der Waals surface area (Å²) in [5.74, 6) is -0.164. The van der Waals surface area contributed by atoms with Gasteiger partial charge in [0.15, 0.2) is 0 Å². The quantitative estimate of drug-likeness (QED) is 0.946. The first kappa shape index (κ1) is 14.3. The van der Waals surface area contributed by atoms with Crippen molar-refractivity contribution in [1.29, 1.82) is 0 Å². The molecule has 22 heavy (non-hydrogen) atoms. The number of nitrogens with zero attached hydrogens (tertiary/aromatic N) is 1. The molecule has 0 aromatic heterocycles. The van der Waals surface area contributed by atoms with Gasteiger partial charge in [0, 0.05) is 24.4 Å². The molecule has 1 aliphatic rings. The summed E-state index contributed by atoms with van der Waals surface area (Å²) in [5.41, 5.74) is 5.49. The van der Waals surface area contributed by atoms with Gasteiger partial charge in [0.2, 0.25) is 5.91 Å². The second-order valence-electron chi connectivity index (χ2n) is 5.62. The zero-order valence-corrected chi connectivity index (χ0v) is 12.5. The number of hydrazine groups is 1. The zero-order valence-electron chi connectivity index (χ0n) is 12.5. The van der Waals surface area contributed by atoms with Gasteiger partial charge in [0.25, 0.3) is 5.91 Å². The van der Waals surface area contributed by atoms with Crippen LogP contribution >= 0.6 is 0 Å². The van der Waals surface area contributed by atoms with E-state index in [9.17, 15) is 9.59 Å². The molecule has 3 rings (SSSR count). The largest absolute Gasteiger partial charge is 0.273 e. The molecule has 0 spiro atoms. The number of rotatable bonds is 3. The first-order valence-electron chi connectivity index (χ1n) is 7.36. The number of nitrogens with one attached hydrogen (secondary N) is 1. The van der Waals surface area contributed by atoms with Crippen LogP contribution < -0.4 is 5.43 Å². The van der Waals surface area contributed by atoms with Gasteiger partial charge >= 0.3 is 0 Å². The number of benzene rings is 2. The van der Waals surface area contributed by atoms with E-state index in [-0.39, 0.29) is 17.7 Å². The first-order valence-corrected chi connectivity index (χ1v) is 7.36. The van der Waals surface area contributed by atoms with Crippen molar-refractivity contribution in [2.75, 3.05) is 6.54 Å². The van der Waals surface area contributed by atoms with Gasteiger partial charge in [-0.15, -0.1) is 0 Å². The standard InChI is InChI=1S/C18H18N2O2/c1-13-7-9-15(10-8-13)18(22)19-20-12-16(11-17(20)21)14-5-3-2-4-6-14/h2-10,16H,11-12H2,1H3,(H,19,22). The van der Waals surface area contributed by atoms with E-state index in [0.29, 0.717) is 18.5 Å². The van der Waals surface area contributed by atoms with Crippen molar-refractivity contribution in [1.82, 2.24) is 10.4 Å². The summed E-state index contributed by atoms with van der Waals surface area (Å²) in [5, 5.41) is 1.43. The van der Waals surface area contributed by atoms with Gasteiger partial charge < -0.3 is 0 Å². The molecule has 0 aliphatic carbocycles. The third-order valence-electron chi connectivity index (χ3n) is 3.95. The summed E-state index contributed by atoms with van der Waals surface area (Å²) in [6.07, 6.45) is 0.429. The summed E-state index contributed by atoms with van der Waals surface area (Å²) in [4.78, 5) is 24.3. The molecule has 0 radical (unpaired) electrons. The molecule has 1 N–H and O–H groups in total. The highest BCUT2D eigenvalue weighted by molar-refractivity contribution is 5.95. The second-order valence-corrected chi connectivity index (χ2v) is 5.62. The van der Waals surface area contributed by atoms with Crippen LogP contribution in [0.3, 0.4) is 0 Å². The Balaban J connectivity index is 1.67. The predicted octanol–water partition coefficient (Wildman–Crippen LogP) is 2.66. The van der Waals surface area contributed by atoms with Gasteiger partial charge in [-0.1, -0.05) is 48.0 Å². The summed E-state index contributed by atoms with van der Waals surface area (Å²) in [7, 11) is 0. The Labute approximate surface area is 129 Å². The number of amides is 2. The summed E-state index contributed by atoms with van der Waals surface area (Å²) >= 11 is 0. The van der Waals surface area contributed by atoms with Gasteiger partial charge in [-0.05, 0) is 24.6 Å². The van der Waals surface area contributed by atoms with Crippen LogP contribution in [0, 0.1) is 6.92 Å². The zero-order chi connectivity index (χ0) is 15.5. The number of carbonyl (C=O) groups is 2. The van der Waals surface area contributed by atoms with E-state index in [1.54, 1.807) is 12.1 Å². The maximum atomic E-state index is 12.2. The fraction of sp³-hybridized carbons (Fsp3) is 0.222. The molecule has 1 aliphatic heterocycles. The summed E-state index contributed by atoms with van der Waals surface area (Å²) in [6.45, 7) is 2.48. The van der Waals surface area contributed by atoms with Crippen LogP contribution in [0.4, 0.5) is 0 Å². The highest BCUT2D eigenvalue weighted by atomic mass is 16.2. The van der Waals surface area contributed by atoms with Crippen molar-refractivity contribution in [3.8, 4) is 0 Å². The topological polar surface area (TPSA) is 49.4 Å². The van der Waals surface area contributed by atoms with Gasteiger partial charge in [-0.25, -0.2) is 0 Å². The molecule has 0 bridgehead atoms. The molecular weight excluding hydrogens is 276 g/mol. The highest BCUT2D eigenvalue weighted by Crippen LogP contribution is 2.26. The number of hydrogen-bond acceptors (Lipinski definition) is 2. The van der Waals surface area contributed by atoms with Gasteiger partial charge in [0.1, 0.15) is 0 Å². The maximum absolute atomic E-state index is 12.2. The molecule has 2 aromatic rings. The molecule has 1 heterocycles. The Bertz CT molecular complexity index is 680. The molecule has 4 heteroatoms. The number of aryl methyl sites for hydroxylation is 1. The van der Waals surface area contributed by atoms with Crippen molar-refractivity contribution < 1.29 is 9.59 Å². The van der Waals surface area contributed by atoms with E-state index >= 15 is 0 Å². The molecule has 0 saturated carbocycles. The molecule has 2 amide bonds. The van der Waals surface area contributed by atoms with Gasteiger partial charge in [-0.3, -0.25) is 20.0 Å². The van der Waals surface area contributed by atoms with Crippen LogP contribution in [0.2, 0.25) is 0 Å². The van der Waals surface area contributed by atoms with Crippen LogP contribution in [0.1, 0.15) is 33.8 Å². The number of hydrogen-bond donors (Lipinski definition) is 1. The van der Waals surface area contributed by atoms with Crippen LogP contribution in [-0.4, -0.2) is 23.4 Å². The Morgan fingerprint density at radius 1 is 1.09 bits per heavy atom. The van der Waals surface area contributed by atoms with Crippen molar-refractivity contribution >= 4 is 11.8 Å². The van der Waals surface area contributed by atoms with E-state index in [2.05, 4.69) is 5.43 Å². The Morgan fingerprint density at radius 2 is 1.77 bits per heavy atom. The van der Waals surface area contributed by atoms with E-state index in [1.807, 2.05) is 49.4 Å². The minimum Gasteiger partial charge on any atom is -0.273 e. The van der Waals surface area contributed by atoms with E-state index in [1.165, 1.54) is 5.01 Å². The lowest BCUT2D eigenvalue weighted by molar-refractivity contribution is -0.129. The van der Waals surface area contributed by atoms with Crippen LogP contribution in [0.25, 0.3) is 0 Å². The second kappa shape index (κ2) is 6.02. The molecular formula is C18H18N2O2. The summed E-state index contributed by atoms with van der Waals surface area (Å²) < 4.78 is 0. The van der Waals surface area contributed by atoms with Crippen LogP contribution in [-0.2, 0) is 4.79 Å². The number of carbonyl (C=O) groups excluding carboxylic acids is 2. The maximum Gasteiger partial charge on any atom is 0.269 e. The fourth-order valence-electron chi connectivity index (χ4n) is 2.66. The van der Waals surface area contributed by atoms with Crippen LogP contribution in [0.5, 0.6) is 0 Å². The Hall–Kier alpha value is -2.62. The van der Waals surface area contributed by atoms with E-state index in [4.69, 9.17) is 0 Å². The molecule has 1 fully saturated rings. The van der Waals surface area contributed by atoms with E-state index in [0.717, 1.165) is 11.1 Å². The minimum atomic E-state index is -0.248. The summed E-state index contributed by atoms with van der Waals surface area (Å²) in [6, 6.07) is 17.2. The van der Waals surface area contributed by atoms with Gasteiger partial charge in [0.05, 0.1) is 0 Å². The molecule has 1 unspecified atom stereocenters. The van der Waals surface area contributed by atoms with Crippen molar-refractivity contribution in [3.05, 3.63) is 71.3 Å². The minimum absolute atomic E-state index is 0.0469. The Kier molecular flexibility index (Phi) is 3.92. The lowest BCUT2D eigenvalue weighted by atomic mass is 9.99. The molecule has 1 saturated heterocycles. The monoisotopic (exact) mass is 294 g/mol. The van der Waals surface area contributed by atoms with Crippen molar-refractivity contribution in [3.63, 3.8) is 0 Å². The fourth-order valence-corrected chi connectivity index (χ4v) is 2.66. The van der Waals surface area contributed by atoms with Crippen LogP contribution in [0.15, 0.2) is 54.6 Å². The average Bonchev–Trinajstić information content (AvgIpc) is 2.90. The normalized spacial score (nSPS) is 17.6. The lowest BCUT2D eigenvalue weighted by Crippen LogP contribution is -2.43. The average molecular weight is 294 g/mol. The van der Waals surface area contributed by atoms with E-state index < -0.39 is 0 Å². The highest BCUT2D eigenvalue weighted by Gasteiger charge is 2.31. The third kappa shape index (κ3) is 3.01. The first-order chi connectivity index (χ1) is 10.6. The predicted molar refractivity (Wildman–Crippen MR) is 84.2 cm³/mol. The smallest absolute Gasteiger partial charge is 0.269 e. The van der Waals surface area contributed by atoms with Crippen molar-refractivity contribution in [2.45, 2.75) is 19.3 Å². The third-order valence-corrected chi connectivity index (χ3v) is 3.95. The molecule has 2 aromatic carbocycles. The SMILES string of the molecule is Cc1ccc(C(=O)NN2CC(c3ccccc3)CC2=O)cc1.